The first-order valence-corrected chi connectivity index (χ1v) is 7.24. The molecule has 0 aliphatic carbocycles. The van der Waals surface area contributed by atoms with Crippen LogP contribution in [0.15, 0.2) is 42.7 Å². The molecule has 0 saturated carbocycles. The molecule has 3 rings (SSSR count). The summed E-state index contributed by atoms with van der Waals surface area (Å²) in [4.78, 5) is 29.8. The molecule has 5 heteroatoms. The lowest BCUT2D eigenvalue weighted by molar-refractivity contribution is -0.118. The molecule has 22 heavy (non-hydrogen) atoms. The zero-order valence-electron chi connectivity index (χ0n) is 12.4. The van der Waals surface area contributed by atoms with Crippen LogP contribution in [0.2, 0.25) is 0 Å². The fourth-order valence-electron chi connectivity index (χ4n) is 2.77. The zero-order valence-corrected chi connectivity index (χ0v) is 12.4. The lowest BCUT2D eigenvalue weighted by Crippen LogP contribution is -2.31. The quantitative estimate of drug-likeness (QED) is 0.944. The fourth-order valence-corrected chi connectivity index (χ4v) is 2.77. The molecule has 0 saturated heterocycles. The molecule has 1 aliphatic rings. The number of carbonyl (C=O) groups is 2. The van der Waals surface area contributed by atoms with E-state index in [2.05, 4.69) is 10.3 Å². The average Bonchev–Trinajstić information content (AvgIpc) is 2.93. The molecular weight excluding hydrogens is 278 g/mol. The summed E-state index contributed by atoms with van der Waals surface area (Å²) >= 11 is 0. The molecule has 5 nitrogen and oxygen atoms in total. The SMILES string of the molecule is CC(=O)Nc1cccc2c1N(C(=O)Cc1cccnc1)CC2. The lowest BCUT2D eigenvalue weighted by atomic mass is 10.1. The van der Waals surface area contributed by atoms with Crippen LogP contribution in [0, 0.1) is 0 Å². The molecule has 1 aromatic heterocycles. The zero-order chi connectivity index (χ0) is 15.5. The van der Waals surface area contributed by atoms with Gasteiger partial charge in [0.1, 0.15) is 0 Å². The highest BCUT2D eigenvalue weighted by Crippen LogP contribution is 2.35. The second-order valence-electron chi connectivity index (χ2n) is 5.33. The topological polar surface area (TPSA) is 62.3 Å². The maximum absolute atomic E-state index is 12.6. The van der Waals surface area contributed by atoms with Crippen molar-refractivity contribution in [3.63, 3.8) is 0 Å². The summed E-state index contributed by atoms with van der Waals surface area (Å²) in [6.07, 6.45) is 4.51. The highest BCUT2D eigenvalue weighted by molar-refractivity contribution is 6.03. The monoisotopic (exact) mass is 295 g/mol. The number of hydrogen-bond donors (Lipinski definition) is 1. The number of aromatic nitrogens is 1. The minimum atomic E-state index is -0.139. The Kier molecular flexibility index (Phi) is 3.87. The Labute approximate surface area is 129 Å². The number of anilines is 2. The third-order valence-corrected chi connectivity index (χ3v) is 3.68. The van der Waals surface area contributed by atoms with Crippen molar-refractivity contribution in [1.82, 2.24) is 4.98 Å². The fraction of sp³-hybridized carbons (Fsp3) is 0.235. The van der Waals surface area contributed by atoms with E-state index in [4.69, 9.17) is 0 Å². The number of rotatable bonds is 3. The Balaban J connectivity index is 1.87. The molecule has 2 amide bonds. The molecule has 1 N–H and O–H groups in total. The van der Waals surface area contributed by atoms with E-state index in [0.29, 0.717) is 18.7 Å². The first kappa shape index (κ1) is 14.3. The van der Waals surface area contributed by atoms with Gasteiger partial charge < -0.3 is 10.2 Å². The van der Waals surface area contributed by atoms with Gasteiger partial charge >= 0.3 is 0 Å². The third-order valence-electron chi connectivity index (χ3n) is 3.68. The third kappa shape index (κ3) is 2.83. The van der Waals surface area contributed by atoms with Gasteiger partial charge in [0.05, 0.1) is 17.8 Å². The summed E-state index contributed by atoms with van der Waals surface area (Å²) in [7, 11) is 0. The number of pyridine rings is 1. The summed E-state index contributed by atoms with van der Waals surface area (Å²) in [5.41, 5.74) is 3.50. The van der Waals surface area contributed by atoms with Crippen molar-refractivity contribution in [1.29, 1.82) is 0 Å². The first-order valence-electron chi connectivity index (χ1n) is 7.24. The molecule has 2 aromatic rings. The molecule has 0 fully saturated rings. The van der Waals surface area contributed by atoms with Gasteiger partial charge in [0, 0.05) is 25.9 Å². The van der Waals surface area contributed by atoms with Crippen LogP contribution in [0.1, 0.15) is 18.1 Å². The lowest BCUT2D eigenvalue weighted by Gasteiger charge is -2.20. The summed E-state index contributed by atoms with van der Waals surface area (Å²) in [5, 5.41) is 2.81. The molecule has 0 unspecified atom stereocenters. The predicted octanol–water partition coefficient (Wildman–Crippen LogP) is 2.17. The number of amides is 2. The van der Waals surface area contributed by atoms with Crippen LogP contribution < -0.4 is 10.2 Å². The smallest absolute Gasteiger partial charge is 0.231 e. The number of para-hydroxylation sites is 1. The van der Waals surface area contributed by atoms with Gasteiger partial charge in [0.25, 0.3) is 0 Å². The molecule has 2 heterocycles. The molecule has 0 spiro atoms. The maximum atomic E-state index is 12.6. The molecule has 112 valence electrons. The Morgan fingerprint density at radius 3 is 2.86 bits per heavy atom. The van der Waals surface area contributed by atoms with Crippen LogP contribution in [0.5, 0.6) is 0 Å². The van der Waals surface area contributed by atoms with Crippen molar-refractivity contribution in [2.45, 2.75) is 19.8 Å². The highest BCUT2D eigenvalue weighted by atomic mass is 16.2. The molecular formula is C17H17N3O2. The van der Waals surface area contributed by atoms with Crippen LogP contribution in [0.3, 0.4) is 0 Å². The minimum absolute atomic E-state index is 0.0181. The van der Waals surface area contributed by atoms with Crippen molar-refractivity contribution < 1.29 is 9.59 Å². The molecule has 0 bridgehead atoms. The van der Waals surface area contributed by atoms with Gasteiger partial charge in [0.2, 0.25) is 11.8 Å². The van der Waals surface area contributed by atoms with E-state index < -0.39 is 0 Å². The van der Waals surface area contributed by atoms with Crippen molar-refractivity contribution in [3.8, 4) is 0 Å². The predicted molar refractivity (Wildman–Crippen MR) is 84.7 cm³/mol. The Bertz CT molecular complexity index is 713. The van der Waals surface area contributed by atoms with Gasteiger partial charge in [-0.25, -0.2) is 0 Å². The molecule has 1 aliphatic heterocycles. The van der Waals surface area contributed by atoms with E-state index in [1.54, 1.807) is 17.3 Å². The van der Waals surface area contributed by atoms with E-state index in [1.807, 2.05) is 30.3 Å². The van der Waals surface area contributed by atoms with E-state index in [1.165, 1.54) is 6.92 Å². The summed E-state index contributed by atoms with van der Waals surface area (Å²) < 4.78 is 0. The van der Waals surface area contributed by atoms with Crippen molar-refractivity contribution in [2.75, 3.05) is 16.8 Å². The second kappa shape index (κ2) is 5.97. The van der Waals surface area contributed by atoms with Gasteiger partial charge in [-0.3, -0.25) is 14.6 Å². The van der Waals surface area contributed by atoms with Crippen LogP contribution in [0.25, 0.3) is 0 Å². The van der Waals surface area contributed by atoms with Crippen LogP contribution in [-0.2, 0) is 22.4 Å². The number of hydrogen-bond acceptors (Lipinski definition) is 3. The highest BCUT2D eigenvalue weighted by Gasteiger charge is 2.27. The van der Waals surface area contributed by atoms with E-state index in [9.17, 15) is 9.59 Å². The Morgan fingerprint density at radius 1 is 1.27 bits per heavy atom. The van der Waals surface area contributed by atoms with Crippen molar-refractivity contribution in [2.24, 2.45) is 0 Å². The van der Waals surface area contributed by atoms with Crippen molar-refractivity contribution >= 4 is 23.2 Å². The number of fused-ring (bicyclic) bond motifs is 1. The van der Waals surface area contributed by atoms with Gasteiger partial charge in [0.15, 0.2) is 0 Å². The standard InChI is InChI=1S/C17H17N3O2/c1-12(21)19-15-6-2-5-14-7-9-20(17(14)15)16(22)10-13-4-3-8-18-11-13/h2-6,8,11H,7,9-10H2,1H3,(H,19,21). The average molecular weight is 295 g/mol. The normalized spacial score (nSPS) is 12.9. The number of nitrogens with zero attached hydrogens (tertiary/aromatic N) is 2. The van der Waals surface area contributed by atoms with Gasteiger partial charge in [-0.1, -0.05) is 18.2 Å². The minimum Gasteiger partial charge on any atom is -0.325 e. The van der Waals surface area contributed by atoms with Crippen LogP contribution in [0.4, 0.5) is 11.4 Å². The van der Waals surface area contributed by atoms with Crippen LogP contribution in [-0.4, -0.2) is 23.3 Å². The van der Waals surface area contributed by atoms with Gasteiger partial charge in [-0.2, -0.15) is 0 Å². The number of nitrogens with one attached hydrogen (secondary N) is 1. The summed E-state index contributed by atoms with van der Waals surface area (Å²) in [6, 6.07) is 9.44. The van der Waals surface area contributed by atoms with Gasteiger partial charge in [-0.05, 0) is 29.7 Å². The van der Waals surface area contributed by atoms with Gasteiger partial charge in [-0.15, -0.1) is 0 Å². The Hall–Kier alpha value is -2.69. The summed E-state index contributed by atoms with van der Waals surface area (Å²) in [6.45, 7) is 2.11. The van der Waals surface area contributed by atoms with E-state index in [0.717, 1.165) is 23.2 Å². The Morgan fingerprint density at radius 2 is 2.14 bits per heavy atom. The second-order valence-corrected chi connectivity index (χ2v) is 5.33. The summed E-state index contributed by atoms with van der Waals surface area (Å²) in [5.74, 6) is -0.121. The van der Waals surface area contributed by atoms with E-state index >= 15 is 0 Å². The molecule has 0 atom stereocenters. The maximum Gasteiger partial charge on any atom is 0.231 e. The largest absolute Gasteiger partial charge is 0.325 e. The number of carbonyl (C=O) groups excluding carboxylic acids is 2. The van der Waals surface area contributed by atoms with E-state index in [-0.39, 0.29) is 11.8 Å². The molecule has 0 radical (unpaired) electrons. The first-order chi connectivity index (χ1) is 10.6. The molecule has 1 aromatic carbocycles. The van der Waals surface area contributed by atoms with Crippen molar-refractivity contribution in [3.05, 3.63) is 53.9 Å². The van der Waals surface area contributed by atoms with Crippen LogP contribution >= 0.6 is 0 Å². The number of benzene rings is 1.